The highest BCUT2D eigenvalue weighted by atomic mass is 16.2. The summed E-state index contributed by atoms with van der Waals surface area (Å²) in [5.41, 5.74) is 2.39. The minimum atomic E-state index is -0.128. The first kappa shape index (κ1) is 22.0. The lowest BCUT2D eigenvalue weighted by atomic mass is 9.93. The van der Waals surface area contributed by atoms with Crippen LogP contribution in [0.4, 0.5) is 0 Å². The molecule has 0 bridgehead atoms. The van der Waals surface area contributed by atoms with Crippen molar-refractivity contribution in [1.29, 1.82) is 0 Å². The molecule has 32 heavy (non-hydrogen) atoms. The fraction of sp³-hybridized carbons (Fsp3) is 0.440. The number of benzene rings is 1. The number of aromatic nitrogens is 3. The Balaban J connectivity index is 1.35. The Morgan fingerprint density at radius 3 is 2.50 bits per heavy atom. The third kappa shape index (κ3) is 4.52. The van der Waals surface area contributed by atoms with Crippen molar-refractivity contribution >= 4 is 22.8 Å². The zero-order valence-corrected chi connectivity index (χ0v) is 19.0. The number of hydrogen-bond acceptors (Lipinski definition) is 4. The number of nitrogens with one attached hydrogen (secondary N) is 1. The van der Waals surface area contributed by atoms with Crippen molar-refractivity contribution in [2.45, 2.75) is 58.0 Å². The number of pyridine rings is 1. The summed E-state index contributed by atoms with van der Waals surface area (Å²) in [6, 6.07) is 12.1. The quantitative estimate of drug-likeness (QED) is 0.639. The van der Waals surface area contributed by atoms with Crippen LogP contribution >= 0.6 is 0 Å². The summed E-state index contributed by atoms with van der Waals surface area (Å²) in [6.07, 6.45) is 5.65. The van der Waals surface area contributed by atoms with Gasteiger partial charge in [0.2, 0.25) is 5.91 Å². The largest absolute Gasteiger partial charge is 0.349 e. The normalized spacial score (nSPS) is 15.8. The number of nitrogens with zero attached hydrogens (tertiary/aromatic N) is 4. The lowest BCUT2D eigenvalue weighted by Gasteiger charge is -2.34. The van der Waals surface area contributed by atoms with E-state index >= 15 is 0 Å². The number of hydrogen-bond donors (Lipinski definition) is 1. The summed E-state index contributed by atoms with van der Waals surface area (Å²) in [5.74, 6) is -0.0515. The maximum absolute atomic E-state index is 13.1. The predicted molar refractivity (Wildman–Crippen MR) is 124 cm³/mol. The molecular formula is C25H31N5O2. The van der Waals surface area contributed by atoms with Gasteiger partial charge in [0.1, 0.15) is 0 Å². The molecule has 1 saturated heterocycles. The molecule has 1 N–H and O–H groups in total. The van der Waals surface area contributed by atoms with Gasteiger partial charge in [-0.05, 0) is 44.7 Å². The van der Waals surface area contributed by atoms with Gasteiger partial charge in [0.15, 0.2) is 5.65 Å². The summed E-state index contributed by atoms with van der Waals surface area (Å²) in [4.78, 5) is 32.3. The van der Waals surface area contributed by atoms with Gasteiger partial charge in [0.05, 0.1) is 17.7 Å². The van der Waals surface area contributed by atoms with E-state index in [0.29, 0.717) is 18.7 Å². The Labute approximate surface area is 188 Å². The summed E-state index contributed by atoms with van der Waals surface area (Å²) in [6.45, 7) is 7.47. The molecule has 3 aromatic rings. The van der Waals surface area contributed by atoms with Gasteiger partial charge in [0.25, 0.3) is 5.91 Å². The predicted octanol–water partition coefficient (Wildman–Crippen LogP) is 3.93. The summed E-state index contributed by atoms with van der Waals surface area (Å²) < 4.78 is 1.85. The molecule has 7 heteroatoms. The SMILES string of the molecule is CCC(C(=O)N1CCC(NC(=O)c2cnc3c(cnn3C(C)C)c2)CC1)c1ccccc1. The van der Waals surface area contributed by atoms with Gasteiger partial charge in [-0.2, -0.15) is 5.10 Å². The van der Waals surface area contributed by atoms with Crippen LogP contribution in [0.3, 0.4) is 0 Å². The number of rotatable bonds is 6. The average molecular weight is 434 g/mol. The Hall–Kier alpha value is -3.22. The number of fused-ring (bicyclic) bond motifs is 1. The van der Waals surface area contributed by atoms with Crippen molar-refractivity contribution in [1.82, 2.24) is 25.0 Å². The van der Waals surface area contributed by atoms with Gasteiger partial charge in [0, 0.05) is 36.8 Å². The van der Waals surface area contributed by atoms with Crippen LogP contribution < -0.4 is 5.32 Å². The van der Waals surface area contributed by atoms with Crippen LogP contribution in [0.15, 0.2) is 48.8 Å². The molecule has 0 aliphatic carbocycles. The van der Waals surface area contributed by atoms with Gasteiger partial charge >= 0.3 is 0 Å². The molecule has 2 aromatic heterocycles. The first-order chi connectivity index (χ1) is 15.5. The number of carbonyl (C=O) groups excluding carboxylic acids is 2. The molecule has 0 saturated carbocycles. The molecule has 2 amide bonds. The van der Waals surface area contributed by atoms with Crippen LogP contribution in [0.1, 0.15) is 67.9 Å². The maximum atomic E-state index is 13.1. The van der Waals surface area contributed by atoms with Crippen molar-refractivity contribution in [2.24, 2.45) is 0 Å². The standard InChI is InChI=1S/C25H31N5O2/c1-4-22(18-8-6-5-7-9-18)25(32)29-12-10-21(11-13-29)28-24(31)20-14-19-16-27-30(17(2)3)23(19)26-15-20/h5-9,14-17,21-22H,4,10-13H2,1-3H3,(H,28,31). The average Bonchev–Trinajstić information content (AvgIpc) is 3.24. The van der Waals surface area contributed by atoms with Crippen LogP contribution in [0.2, 0.25) is 0 Å². The highest BCUT2D eigenvalue weighted by molar-refractivity contribution is 5.97. The first-order valence-corrected chi connectivity index (χ1v) is 11.5. The monoisotopic (exact) mass is 433 g/mol. The van der Waals surface area contributed by atoms with E-state index in [4.69, 9.17) is 0 Å². The third-order valence-electron chi connectivity index (χ3n) is 6.23. The Morgan fingerprint density at radius 1 is 1.12 bits per heavy atom. The van der Waals surface area contributed by atoms with E-state index in [0.717, 1.165) is 35.9 Å². The van der Waals surface area contributed by atoms with Crippen molar-refractivity contribution < 1.29 is 9.59 Å². The van der Waals surface area contributed by atoms with E-state index in [1.54, 1.807) is 12.4 Å². The highest BCUT2D eigenvalue weighted by Crippen LogP contribution is 2.24. The summed E-state index contributed by atoms with van der Waals surface area (Å²) in [5, 5.41) is 8.34. The smallest absolute Gasteiger partial charge is 0.253 e. The Bertz CT molecular complexity index is 1080. The maximum Gasteiger partial charge on any atom is 0.253 e. The molecule has 0 spiro atoms. The van der Waals surface area contributed by atoms with Crippen molar-refractivity contribution in [2.75, 3.05) is 13.1 Å². The van der Waals surface area contributed by atoms with E-state index < -0.39 is 0 Å². The number of amides is 2. The summed E-state index contributed by atoms with van der Waals surface area (Å²) >= 11 is 0. The first-order valence-electron chi connectivity index (χ1n) is 11.5. The Kier molecular flexibility index (Phi) is 6.53. The topological polar surface area (TPSA) is 80.1 Å². The van der Waals surface area contributed by atoms with Crippen molar-refractivity contribution in [3.05, 3.63) is 59.9 Å². The molecule has 7 nitrogen and oxygen atoms in total. The number of likely N-dealkylation sites (tertiary alicyclic amines) is 1. The zero-order valence-electron chi connectivity index (χ0n) is 19.0. The summed E-state index contributed by atoms with van der Waals surface area (Å²) in [7, 11) is 0. The molecule has 3 heterocycles. The van der Waals surface area contributed by atoms with Crippen molar-refractivity contribution in [3.8, 4) is 0 Å². The molecule has 1 aromatic carbocycles. The lowest BCUT2D eigenvalue weighted by molar-refractivity contribution is -0.134. The second-order valence-corrected chi connectivity index (χ2v) is 8.76. The highest BCUT2D eigenvalue weighted by Gasteiger charge is 2.29. The van der Waals surface area contributed by atoms with Gasteiger partial charge in [-0.1, -0.05) is 37.3 Å². The van der Waals surface area contributed by atoms with Crippen molar-refractivity contribution in [3.63, 3.8) is 0 Å². The van der Waals surface area contributed by atoms with Gasteiger partial charge in [-0.15, -0.1) is 0 Å². The number of carbonyl (C=O) groups is 2. The second-order valence-electron chi connectivity index (χ2n) is 8.76. The molecule has 1 aliphatic heterocycles. The minimum absolute atomic E-state index is 0.0532. The minimum Gasteiger partial charge on any atom is -0.349 e. The molecule has 1 aliphatic rings. The molecule has 1 fully saturated rings. The fourth-order valence-corrected chi connectivity index (χ4v) is 4.41. The van der Waals surface area contributed by atoms with Crippen LogP contribution in [0.5, 0.6) is 0 Å². The van der Waals surface area contributed by atoms with E-state index in [2.05, 4.69) is 36.2 Å². The molecule has 1 unspecified atom stereocenters. The molecular weight excluding hydrogens is 402 g/mol. The molecule has 0 radical (unpaired) electrons. The number of piperidine rings is 1. The Morgan fingerprint density at radius 2 is 1.84 bits per heavy atom. The van der Waals surface area contributed by atoms with Crippen LogP contribution in [0, 0.1) is 0 Å². The van der Waals surface area contributed by atoms with E-state index in [-0.39, 0.29) is 29.8 Å². The van der Waals surface area contributed by atoms with Crippen LogP contribution in [-0.4, -0.2) is 50.6 Å². The van der Waals surface area contributed by atoms with Crippen LogP contribution in [-0.2, 0) is 4.79 Å². The molecule has 168 valence electrons. The van der Waals surface area contributed by atoms with E-state index in [9.17, 15) is 9.59 Å². The fourth-order valence-electron chi connectivity index (χ4n) is 4.41. The lowest BCUT2D eigenvalue weighted by Crippen LogP contribution is -2.47. The van der Waals surface area contributed by atoms with E-state index in [1.165, 1.54) is 0 Å². The van der Waals surface area contributed by atoms with Gasteiger partial charge in [-0.25, -0.2) is 9.67 Å². The van der Waals surface area contributed by atoms with E-state index in [1.807, 2.05) is 46.0 Å². The molecule has 4 rings (SSSR count). The zero-order chi connectivity index (χ0) is 22.7. The van der Waals surface area contributed by atoms with Gasteiger partial charge in [-0.3, -0.25) is 9.59 Å². The third-order valence-corrected chi connectivity index (χ3v) is 6.23. The molecule has 1 atom stereocenters. The van der Waals surface area contributed by atoms with Gasteiger partial charge < -0.3 is 10.2 Å². The second kappa shape index (κ2) is 9.51. The van der Waals surface area contributed by atoms with Crippen LogP contribution in [0.25, 0.3) is 11.0 Å².